The van der Waals surface area contributed by atoms with Gasteiger partial charge in [-0.2, -0.15) is 0 Å². The van der Waals surface area contributed by atoms with E-state index in [1.54, 1.807) is 19.1 Å². The van der Waals surface area contributed by atoms with Crippen LogP contribution in [0.3, 0.4) is 0 Å². The molecule has 1 aromatic heterocycles. The summed E-state index contributed by atoms with van der Waals surface area (Å²) in [7, 11) is 1.32. The summed E-state index contributed by atoms with van der Waals surface area (Å²) in [4.78, 5) is 22.5. The third kappa shape index (κ3) is 4.86. The number of rotatable bonds is 5. The molecule has 18 heavy (non-hydrogen) atoms. The predicted molar refractivity (Wildman–Crippen MR) is 66.7 cm³/mol. The highest BCUT2D eigenvalue weighted by Gasteiger charge is 2.10. The summed E-state index contributed by atoms with van der Waals surface area (Å²) in [6, 6.07) is 3.32. The van der Waals surface area contributed by atoms with Crippen molar-refractivity contribution in [2.45, 2.75) is 26.3 Å². The van der Waals surface area contributed by atoms with Crippen molar-refractivity contribution in [2.75, 3.05) is 7.11 Å². The number of esters is 1. The van der Waals surface area contributed by atoms with E-state index < -0.39 is 0 Å². The Morgan fingerprint density at radius 2 is 2.22 bits per heavy atom. The average Bonchev–Trinajstić information content (AvgIpc) is 2.72. The number of furan rings is 1. The summed E-state index contributed by atoms with van der Waals surface area (Å²) in [6.45, 7) is 3.57. The molecule has 0 saturated carbocycles. The van der Waals surface area contributed by atoms with Crippen molar-refractivity contribution in [3.05, 3.63) is 29.7 Å². The summed E-state index contributed by atoms with van der Waals surface area (Å²) in [5, 5.41) is 2.65. The highest BCUT2D eigenvalue weighted by atomic mass is 16.5. The molecule has 0 saturated heterocycles. The molecule has 98 valence electrons. The van der Waals surface area contributed by atoms with E-state index in [2.05, 4.69) is 10.1 Å². The van der Waals surface area contributed by atoms with Gasteiger partial charge < -0.3 is 14.5 Å². The second kappa shape index (κ2) is 6.64. The summed E-state index contributed by atoms with van der Waals surface area (Å²) >= 11 is 0. The standard InChI is InChI=1S/C13H17NO4/c1-9(8-13(16)17-3)14-12(15)7-6-11-5-4-10(2)18-11/h4-7,9H,8H2,1-3H3,(H,14,15)/b7-6+. The molecule has 0 aromatic carbocycles. The largest absolute Gasteiger partial charge is 0.469 e. The molecule has 0 spiro atoms. The van der Waals surface area contributed by atoms with E-state index in [-0.39, 0.29) is 24.3 Å². The molecule has 0 aliphatic carbocycles. The average molecular weight is 251 g/mol. The Labute approximate surface area is 106 Å². The fourth-order valence-corrected chi connectivity index (χ4v) is 1.38. The van der Waals surface area contributed by atoms with Gasteiger partial charge in [-0.15, -0.1) is 0 Å². The first kappa shape index (κ1) is 14.0. The first-order chi connectivity index (χ1) is 8.51. The van der Waals surface area contributed by atoms with E-state index in [0.717, 1.165) is 5.76 Å². The van der Waals surface area contributed by atoms with Crippen LogP contribution in [0.1, 0.15) is 24.9 Å². The quantitative estimate of drug-likeness (QED) is 0.638. The zero-order chi connectivity index (χ0) is 13.5. The van der Waals surface area contributed by atoms with Gasteiger partial charge in [0.15, 0.2) is 0 Å². The van der Waals surface area contributed by atoms with E-state index in [1.807, 2.05) is 13.0 Å². The van der Waals surface area contributed by atoms with Gasteiger partial charge in [0, 0.05) is 12.1 Å². The van der Waals surface area contributed by atoms with Gasteiger partial charge in [0.1, 0.15) is 11.5 Å². The maximum Gasteiger partial charge on any atom is 0.307 e. The minimum atomic E-state index is -0.353. The Hall–Kier alpha value is -2.04. The molecular formula is C13H17NO4. The minimum absolute atomic E-state index is 0.149. The van der Waals surface area contributed by atoms with Crippen LogP contribution in [0.2, 0.25) is 0 Å². The van der Waals surface area contributed by atoms with Crippen LogP contribution in [-0.4, -0.2) is 25.0 Å². The lowest BCUT2D eigenvalue weighted by atomic mass is 10.2. The molecule has 1 rings (SSSR count). The molecule has 5 nitrogen and oxygen atoms in total. The number of nitrogens with one attached hydrogen (secondary N) is 1. The normalized spacial score (nSPS) is 12.4. The predicted octanol–water partition coefficient (Wildman–Crippen LogP) is 1.67. The van der Waals surface area contributed by atoms with Crippen LogP contribution >= 0.6 is 0 Å². The number of hydrogen-bond acceptors (Lipinski definition) is 4. The number of amides is 1. The molecule has 0 fully saturated rings. The van der Waals surface area contributed by atoms with Crippen LogP contribution in [0.5, 0.6) is 0 Å². The maximum absolute atomic E-state index is 11.5. The van der Waals surface area contributed by atoms with E-state index in [4.69, 9.17) is 4.42 Å². The van der Waals surface area contributed by atoms with Crippen LogP contribution < -0.4 is 5.32 Å². The molecule has 0 bridgehead atoms. The molecule has 1 amide bonds. The van der Waals surface area contributed by atoms with Crippen molar-refractivity contribution >= 4 is 18.0 Å². The fourth-order valence-electron chi connectivity index (χ4n) is 1.38. The second-order valence-corrected chi connectivity index (χ2v) is 3.97. The smallest absolute Gasteiger partial charge is 0.307 e. The van der Waals surface area contributed by atoms with Gasteiger partial charge >= 0.3 is 5.97 Å². The highest BCUT2D eigenvalue weighted by molar-refractivity contribution is 5.91. The van der Waals surface area contributed by atoms with Crippen molar-refractivity contribution in [1.82, 2.24) is 5.32 Å². The first-order valence-electron chi connectivity index (χ1n) is 5.63. The van der Waals surface area contributed by atoms with E-state index in [1.165, 1.54) is 13.2 Å². The number of aryl methyl sites for hydroxylation is 1. The summed E-state index contributed by atoms with van der Waals surface area (Å²) in [5.41, 5.74) is 0. The molecule has 1 aromatic rings. The second-order valence-electron chi connectivity index (χ2n) is 3.97. The SMILES string of the molecule is COC(=O)CC(C)NC(=O)/C=C/c1ccc(C)o1. The maximum atomic E-state index is 11.5. The highest BCUT2D eigenvalue weighted by Crippen LogP contribution is 2.07. The van der Waals surface area contributed by atoms with Gasteiger partial charge in [-0.25, -0.2) is 0 Å². The van der Waals surface area contributed by atoms with E-state index in [0.29, 0.717) is 5.76 Å². The lowest BCUT2D eigenvalue weighted by molar-refractivity contribution is -0.141. The van der Waals surface area contributed by atoms with Crippen LogP contribution in [0, 0.1) is 6.92 Å². The van der Waals surface area contributed by atoms with Crippen LogP contribution in [0.15, 0.2) is 22.6 Å². The molecule has 0 radical (unpaired) electrons. The summed E-state index contributed by atoms with van der Waals surface area (Å²) in [5.74, 6) is 0.770. The third-order valence-electron chi connectivity index (χ3n) is 2.25. The molecular weight excluding hydrogens is 234 g/mol. The molecule has 5 heteroatoms. The van der Waals surface area contributed by atoms with Gasteiger partial charge in [-0.05, 0) is 32.1 Å². The van der Waals surface area contributed by atoms with Gasteiger partial charge in [-0.1, -0.05) is 0 Å². The van der Waals surface area contributed by atoms with Crippen LogP contribution in [0.4, 0.5) is 0 Å². The van der Waals surface area contributed by atoms with Crippen molar-refractivity contribution in [3.8, 4) is 0 Å². The Kier molecular flexibility index (Phi) is 5.17. The monoisotopic (exact) mass is 251 g/mol. The van der Waals surface area contributed by atoms with Crippen LogP contribution in [0.25, 0.3) is 6.08 Å². The van der Waals surface area contributed by atoms with Crippen molar-refractivity contribution in [3.63, 3.8) is 0 Å². The zero-order valence-electron chi connectivity index (χ0n) is 10.7. The lowest BCUT2D eigenvalue weighted by Gasteiger charge is -2.10. The summed E-state index contributed by atoms with van der Waals surface area (Å²) < 4.78 is 9.79. The van der Waals surface area contributed by atoms with Gasteiger partial charge in [-0.3, -0.25) is 9.59 Å². The molecule has 0 aliphatic heterocycles. The molecule has 0 aliphatic rings. The number of carbonyl (C=O) groups is 2. The fraction of sp³-hybridized carbons (Fsp3) is 0.385. The summed E-state index contributed by atoms with van der Waals surface area (Å²) in [6.07, 6.45) is 3.09. The van der Waals surface area contributed by atoms with Crippen molar-refractivity contribution in [1.29, 1.82) is 0 Å². The van der Waals surface area contributed by atoms with Gasteiger partial charge in [0.2, 0.25) is 5.91 Å². The van der Waals surface area contributed by atoms with Gasteiger partial charge in [0.25, 0.3) is 0 Å². The number of hydrogen-bond donors (Lipinski definition) is 1. The molecule has 1 unspecified atom stereocenters. The Morgan fingerprint density at radius 1 is 1.50 bits per heavy atom. The molecule has 1 heterocycles. The van der Waals surface area contributed by atoms with E-state index in [9.17, 15) is 9.59 Å². The Balaban J connectivity index is 2.41. The molecule has 1 atom stereocenters. The minimum Gasteiger partial charge on any atom is -0.469 e. The Morgan fingerprint density at radius 3 is 2.78 bits per heavy atom. The number of methoxy groups -OCH3 is 1. The van der Waals surface area contributed by atoms with Crippen LogP contribution in [-0.2, 0) is 14.3 Å². The topological polar surface area (TPSA) is 68.5 Å². The lowest BCUT2D eigenvalue weighted by Crippen LogP contribution is -2.33. The zero-order valence-corrected chi connectivity index (χ0v) is 10.7. The Bertz CT molecular complexity index is 448. The number of ether oxygens (including phenoxy) is 1. The first-order valence-corrected chi connectivity index (χ1v) is 5.63. The van der Waals surface area contributed by atoms with Crippen molar-refractivity contribution < 1.29 is 18.7 Å². The van der Waals surface area contributed by atoms with Gasteiger partial charge in [0.05, 0.1) is 13.5 Å². The molecule has 1 N–H and O–H groups in total. The van der Waals surface area contributed by atoms with E-state index >= 15 is 0 Å². The number of carbonyl (C=O) groups excluding carboxylic acids is 2. The van der Waals surface area contributed by atoms with Crippen molar-refractivity contribution in [2.24, 2.45) is 0 Å². The third-order valence-corrected chi connectivity index (χ3v) is 2.25.